The molecule has 89 heavy (non-hydrogen) atoms. The molecule has 2 amide bonds. The number of nitrogens with one attached hydrogen (secondary N) is 4. The van der Waals surface area contributed by atoms with E-state index in [4.69, 9.17) is 31.1 Å². The summed E-state index contributed by atoms with van der Waals surface area (Å²) >= 11 is 6.10. The van der Waals surface area contributed by atoms with Gasteiger partial charge in [0.15, 0.2) is 11.3 Å². The van der Waals surface area contributed by atoms with Crippen LogP contribution in [0, 0.1) is 48.8 Å². The van der Waals surface area contributed by atoms with Crippen molar-refractivity contribution in [1.29, 1.82) is 0 Å². The average Bonchev–Trinajstić information content (AvgIpc) is 1.96. The van der Waals surface area contributed by atoms with Crippen molar-refractivity contribution in [3.05, 3.63) is 168 Å². The van der Waals surface area contributed by atoms with Gasteiger partial charge in [-0.3, -0.25) is 28.3 Å². The summed E-state index contributed by atoms with van der Waals surface area (Å²) < 4.78 is 101. The average molecular weight is 1260 g/mol. The van der Waals surface area contributed by atoms with Gasteiger partial charge in [-0.05, 0) is 144 Å². The lowest BCUT2D eigenvalue weighted by molar-refractivity contribution is 0.00578. The summed E-state index contributed by atoms with van der Waals surface area (Å²) in [4.78, 5) is 67.0. The normalized spacial score (nSPS) is 14.8. The molecule has 1 saturated heterocycles. The number of hydrogen-bond donors (Lipinski definition) is 8. The topological polar surface area (TPSA) is 277 Å². The molecule has 0 bridgehead atoms. The first-order valence-corrected chi connectivity index (χ1v) is 28.1. The van der Waals surface area contributed by atoms with Crippen molar-refractivity contribution in [2.75, 3.05) is 37.1 Å². The summed E-state index contributed by atoms with van der Waals surface area (Å²) in [5, 5.41) is 48.7. The van der Waals surface area contributed by atoms with E-state index in [0.29, 0.717) is 16.6 Å². The smallest absolute Gasteiger partial charge is 0.399 e. The number of para-hydroxylation sites is 2. The predicted molar refractivity (Wildman–Crippen MR) is 323 cm³/mol. The van der Waals surface area contributed by atoms with Crippen molar-refractivity contribution in [3.63, 3.8) is 0 Å². The van der Waals surface area contributed by atoms with Crippen LogP contribution in [0.1, 0.15) is 92.6 Å². The third kappa shape index (κ3) is 14.4. The maximum atomic E-state index is 15.1. The minimum Gasteiger partial charge on any atom is -0.399 e. The number of carbonyl (C=O) groups excluding carboxylic acids is 2. The number of pyridine rings is 2. The molecule has 0 spiro atoms. The van der Waals surface area contributed by atoms with Gasteiger partial charge in [0, 0.05) is 46.3 Å². The number of fused-ring (bicyclic) bond motifs is 2. The number of aliphatic hydroxyl groups excluding tert-OH is 4. The predicted octanol–water partition coefficient (Wildman–Crippen LogP) is 7.27. The minimum atomic E-state index is -1.02. The maximum Gasteiger partial charge on any atom is 0.495 e. The zero-order chi connectivity index (χ0) is 63.7. The molecular formula is C61H64BClF6N10O10. The van der Waals surface area contributed by atoms with Crippen LogP contribution in [-0.2, 0) is 9.31 Å². The van der Waals surface area contributed by atoms with Crippen LogP contribution in [0.25, 0.3) is 44.7 Å². The fourth-order valence-corrected chi connectivity index (χ4v) is 9.35. The first-order valence-electron chi connectivity index (χ1n) is 27.7. The number of amides is 2. The van der Waals surface area contributed by atoms with E-state index in [0.717, 1.165) is 83.3 Å². The Bertz CT molecular complexity index is 4070. The van der Waals surface area contributed by atoms with E-state index < -0.39 is 120 Å². The summed E-state index contributed by atoms with van der Waals surface area (Å²) in [6, 6.07) is 15.2. The van der Waals surface area contributed by atoms with E-state index in [1.54, 1.807) is 13.0 Å². The number of carbonyl (C=O) groups is 2. The van der Waals surface area contributed by atoms with Gasteiger partial charge in [-0.25, -0.2) is 36.3 Å². The number of aromatic nitrogens is 6. The van der Waals surface area contributed by atoms with Gasteiger partial charge in [0.05, 0.1) is 60.8 Å². The van der Waals surface area contributed by atoms with Crippen LogP contribution in [0.2, 0.25) is 5.15 Å². The summed E-state index contributed by atoms with van der Waals surface area (Å²) in [7, 11) is -0.678. The molecule has 3 aliphatic rings. The summed E-state index contributed by atoms with van der Waals surface area (Å²) in [6.45, 7) is 9.08. The number of nitrogens with zero attached hydrogens (tertiary/aromatic N) is 6. The fraction of sp³-hybridized carbons (Fsp3) is 0.344. The summed E-state index contributed by atoms with van der Waals surface area (Å²) in [6.07, 6.45) is 3.65. The molecule has 8 aromatic rings. The van der Waals surface area contributed by atoms with Crippen LogP contribution in [-0.4, -0.2) is 130 Å². The second-order valence-corrected chi connectivity index (χ2v) is 22.5. The lowest BCUT2D eigenvalue weighted by Crippen LogP contribution is -2.41. The second-order valence-electron chi connectivity index (χ2n) is 22.2. The number of rotatable bonds is 16. The Balaban J connectivity index is 0.000000180. The van der Waals surface area contributed by atoms with Crippen LogP contribution >= 0.6 is 11.6 Å². The van der Waals surface area contributed by atoms with Crippen molar-refractivity contribution in [1.82, 2.24) is 39.7 Å². The molecule has 470 valence electrons. The highest BCUT2D eigenvalue weighted by atomic mass is 35.5. The van der Waals surface area contributed by atoms with Crippen LogP contribution < -0.4 is 37.8 Å². The standard InChI is InChI=1S/C27H24F3N5O4.C17H23BFNO3.C16H13ClF2N4O3.CH4/c1-13-18(9-14(10-21(13)30)26(39)31-15-5-6-15)23-17-7-8-22(38)35(24-19(28)3-2-4-20(24)29)25(17)34-27(33-23)32-16(11-36)12-37;1-10-13(18-22-16(2,3)17(4,5)23-18)8-11(9-14(10)19)15(21)20-12-6-7-12;17-14-9-4-5-12(26)23(13-10(18)2-1-3-11(13)19)15(9)22-16(21-14)20-8(6-24)7-25;/h2-4,7-10,15-16,36-37H,5-6,11-12H2,1H3,(H,31,39)(H,32,33,34);8-9,12H,6-7H2,1-5H3,(H,20,21);1-5,8,24-25H,6-7H2,(H,20,21,22);1H4. The number of halogens is 7. The zero-order valence-electron chi connectivity index (χ0n) is 48.2. The summed E-state index contributed by atoms with van der Waals surface area (Å²) in [5.41, 5.74) is -2.42. The first kappa shape index (κ1) is 66.6. The molecular weight excluding hydrogens is 1190 g/mol. The Hall–Kier alpha value is -8.31. The zero-order valence-corrected chi connectivity index (χ0v) is 48.9. The Morgan fingerprint density at radius 1 is 0.596 bits per heavy atom. The van der Waals surface area contributed by atoms with E-state index in [-0.39, 0.29) is 86.9 Å². The van der Waals surface area contributed by atoms with E-state index in [1.165, 1.54) is 37.3 Å². The SMILES string of the molecule is C.Cc1c(F)cc(C(=O)NC2CC2)cc1-c1nc(NC(CO)CO)nc2c1ccc(=O)n2-c1c(F)cccc1F.Cc1c(F)cc(C(=O)NC2CC2)cc1B1OC(C)(C)C(C)(C)O1.O=c1ccc2c(Cl)nc(NC(CO)CO)nc2n1-c1c(F)cccc1F. The van der Waals surface area contributed by atoms with Gasteiger partial charge in [0.25, 0.3) is 22.9 Å². The van der Waals surface area contributed by atoms with Crippen molar-refractivity contribution >= 4 is 70.0 Å². The molecule has 4 aromatic carbocycles. The third-order valence-electron chi connectivity index (χ3n) is 15.2. The molecule has 0 radical (unpaired) electrons. The molecule has 1 aliphatic heterocycles. The van der Waals surface area contributed by atoms with Crippen LogP contribution in [0.5, 0.6) is 0 Å². The molecule has 3 fully saturated rings. The van der Waals surface area contributed by atoms with Gasteiger partial charge in [-0.1, -0.05) is 31.2 Å². The minimum absolute atomic E-state index is 0. The van der Waals surface area contributed by atoms with Gasteiger partial charge in [0.1, 0.15) is 51.4 Å². The molecule has 11 rings (SSSR count). The fourth-order valence-electron chi connectivity index (χ4n) is 9.12. The number of hydrogen-bond acceptors (Lipinski definition) is 16. The Morgan fingerprint density at radius 2 is 1.00 bits per heavy atom. The largest absolute Gasteiger partial charge is 0.495 e. The molecule has 5 heterocycles. The number of benzene rings is 4. The lowest BCUT2D eigenvalue weighted by Gasteiger charge is -2.32. The van der Waals surface area contributed by atoms with E-state index in [2.05, 4.69) is 41.2 Å². The Labute approximate surface area is 511 Å². The molecule has 0 atom stereocenters. The molecule has 4 aromatic heterocycles. The quantitative estimate of drug-likeness (QED) is 0.0268. The van der Waals surface area contributed by atoms with Crippen molar-refractivity contribution < 1.29 is 65.7 Å². The van der Waals surface area contributed by atoms with Gasteiger partial charge in [-0.15, -0.1) is 0 Å². The Kier molecular flexibility index (Phi) is 20.4. The summed E-state index contributed by atoms with van der Waals surface area (Å²) in [5.74, 6) is -6.11. The molecule has 0 unspecified atom stereocenters. The number of aliphatic hydroxyl groups is 4. The van der Waals surface area contributed by atoms with E-state index >= 15 is 4.39 Å². The van der Waals surface area contributed by atoms with Crippen LogP contribution in [0.15, 0.2) is 94.5 Å². The van der Waals surface area contributed by atoms with Crippen molar-refractivity contribution in [2.24, 2.45) is 0 Å². The van der Waals surface area contributed by atoms with Crippen LogP contribution in [0.3, 0.4) is 0 Å². The molecule has 8 N–H and O–H groups in total. The maximum absolute atomic E-state index is 15.1. The van der Waals surface area contributed by atoms with Crippen molar-refractivity contribution in [2.45, 2.75) is 110 Å². The van der Waals surface area contributed by atoms with Gasteiger partial charge in [0.2, 0.25) is 11.9 Å². The van der Waals surface area contributed by atoms with Crippen LogP contribution in [0.4, 0.5) is 38.2 Å². The highest BCUT2D eigenvalue weighted by molar-refractivity contribution is 6.62. The highest BCUT2D eigenvalue weighted by Gasteiger charge is 2.52. The lowest BCUT2D eigenvalue weighted by atomic mass is 9.75. The monoisotopic (exact) mass is 1260 g/mol. The van der Waals surface area contributed by atoms with Crippen molar-refractivity contribution in [3.8, 4) is 22.6 Å². The van der Waals surface area contributed by atoms with E-state index in [9.17, 15) is 51.3 Å². The van der Waals surface area contributed by atoms with E-state index in [1.807, 2.05) is 27.7 Å². The first-order chi connectivity index (χ1) is 41.8. The number of anilines is 2. The molecule has 2 saturated carbocycles. The molecule has 28 heteroatoms. The third-order valence-corrected chi connectivity index (χ3v) is 15.5. The Morgan fingerprint density at radius 3 is 1.44 bits per heavy atom. The van der Waals surface area contributed by atoms with Gasteiger partial charge in [-0.2, -0.15) is 9.97 Å². The van der Waals surface area contributed by atoms with Gasteiger partial charge < -0.3 is 51.0 Å². The van der Waals surface area contributed by atoms with Gasteiger partial charge >= 0.3 is 7.12 Å². The molecule has 20 nitrogen and oxygen atoms in total. The second kappa shape index (κ2) is 27.2. The molecule has 2 aliphatic carbocycles. The highest BCUT2D eigenvalue weighted by Crippen LogP contribution is 2.38.